The molecule has 1 aromatic rings. The maximum atomic E-state index is 5.47. The number of likely N-dealkylation sites (tertiary alicyclic amines) is 1. The maximum Gasteiger partial charge on any atom is 0.118 e. The molecule has 0 atom stereocenters. The zero-order valence-electron chi connectivity index (χ0n) is 12.8. The number of ether oxygens (including phenoxy) is 2. The molecule has 0 unspecified atom stereocenters. The molecule has 1 aromatic carbocycles. The van der Waals surface area contributed by atoms with Gasteiger partial charge in [0.1, 0.15) is 5.75 Å². The molecule has 2 fully saturated rings. The summed E-state index contributed by atoms with van der Waals surface area (Å²) in [7, 11) is 1.72. The Morgan fingerprint density at radius 3 is 2.33 bits per heavy atom. The summed E-state index contributed by atoms with van der Waals surface area (Å²) in [4.78, 5) is 4.05. The zero-order chi connectivity index (χ0) is 14.5. The monoisotopic (exact) mass is 307 g/mol. The molecule has 116 valence electrons. The quantitative estimate of drug-likeness (QED) is 0.849. The number of benzene rings is 1. The van der Waals surface area contributed by atoms with Crippen LogP contribution in [0, 0.1) is 0 Å². The Morgan fingerprint density at radius 1 is 1.05 bits per heavy atom. The van der Waals surface area contributed by atoms with Gasteiger partial charge in [-0.2, -0.15) is 0 Å². The topological polar surface area (TPSA) is 21.7 Å². The number of rotatable bonds is 4. The second kappa shape index (κ2) is 7.52. The lowest BCUT2D eigenvalue weighted by Gasteiger charge is -2.39. The first-order valence-electron chi connectivity index (χ1n) is 7.97. The Hall–Kier alpha value is -0.710. The molecule has 2 saturated heterocycles. The fourth-order valence-electron chi connectivity index (χ4n) is 3.26. The first-order chi connectivity index (χ1) is 10.3. The van der Waals surface area contributed by atoms with E-state index in [-0.39, 0.29) is 0 Å². The summed E-state index contributed by atoms with van der Waals surface area (Å²) in [5.41, 5.74) is 0. The third-order valence-electron chi connectivity index (χ3n) is 4.55. The summed E-state index contributed by atoms with van der Waals surface area (Å²) in [5.74, 6) is 0.939. The third kappa shape index (κ3) is 4.15. The van der Waals surface area contributed by atoms with E-state index in [0.29, 0.717) is 0 Å². The third-order valence-corrected chi connectivity index (χ3v) is 5.90. The van der Waals surface area contributed by atoms with E-state index in [1.54, 1.807) is 7.11 Å². The van der Waals surface area contributed by atoms with Crippen molar-refractivity contribution in [1.29, 1.82) is 0 Å². The highest BCUT2D eigenvalue weighted by molar-refractivity contribution is 8.00. The van der Waals surface area contributed by atoms with Gasteiger partial charge >= 0.3 is 0 Å². The summed E-state index contributed by atoms with van der Waals surface area (Å²) < 4.78 is 10.7. The Morgan fingerprint density at radius 2 is 1.71 bits per heavy atom. The summed E-state index contributed by atoms with van der Waals surface area (Å²) in [6.07, 6.45) is 5.04. The Balaban J connectivity index is 1.46. The first kappa shape index (κ1) is 15.2. The molecule has 0 saturated carbocycles. The normalized spacial score (nSPS) is 22.3. The van der Waals surface area contributed by atoms with Crippen LogP contribution in [0.25, 0.3) is 0 Å². The van der Waals surface area contributed by atoms with Gasteiger partial charge in [-0.3, -0.25) is 0 Å². The fraction of sp³-hybridized carbons (Fsp3) is 0.647. The second-order valence-corrected chi connectivity index (χ2v) is 7.25. The average molecular weight is 307 g/mol. The predicted octanol–water partition coefficient (Wildman–Crippen LogP) is 3.43. The van der Waals surface area contributed by atoms with Crippen LogP contribution in [0.2, 0.25) is 0 Å². The van der Waals surface area contributed by atoms with E-state index in [9.17, 15) is 0 Å². The van der Waals surface area contributed by atoms with Crippen LogP contribution in [0.15, 0.2) is 29.2 Å². The highest BCUT2D eigenvalue weighted by Crippen LogP contribution is 2.32. The molecule has 3 nitrogen and oxygen atoms in total. The smallest absolute Gasteiger partial charge is 0.118 e. The standard InChI is InChI=1S/C17H25NO2S/c1-19-15-2-4-16(5-3-15)21-17-6-10-18(11-7-17)14-8-12-20-13-9-14/h2-5,14,17H,6-13H2,1H3. The maximum absolute atomic E-state index is 5.47. The van der Waals surface area contributed by atoms with Crippen LogP contribution < -0.4 is 4.74 Å². The molecule has 0 N–H and O–H groups in total. The molecule has 2 aliphatic rings. The lowest BCUT2D eigenvalue weighted by atomic mass is 10.0. The zero-order valence-corrected chi connectivity index (χ0v) is 13.6. The van der Waals surface area contributed by atoms with Crippen molar-refractivity contribution >= 4 is 11.8 Å². The summed E-state index contributed by atoms with van der Waals surface area (Å²) in [5, 5.41) is 0.759. The van der Waals surface area contributed by atoms with Crippen molar-refractivity contribution in [2.45, 2.75) is 41.9 Å². The van der Waals surface area contributed by atoms with Crippen LogP contribution in [0.3, 0.4) is 0 Å². The van der Waals surface area contributed by atoms with Gasteiger partial charge in [0, 0.05) is 29.4 Å². The van der Waals surface area contributed by atoms with Gasteiger partial charge in [-0.05, 0) is 63.0 Å². The largest absolute Gasteiger partial charge is 0.497 e. The molecule has 2 heterocycles. The van der Waals surface area contributed by atoms with Crippen molar-refractivity contribution < 1.29 is 9.47 Å². The summed E-state index contributed by atoms with van der Waals surface area (Å²) >= 11 is 2.03. The molecule has 0 aromatic heterocycles. The minimum atomic E-state index is 0.759. The van der Waals surface area contributed by atoms with Crippen LogP contribution in [-0.2, 0) is 4.74 Å². The molecule has 2 aliphatic heterocycles. The van der Waals surface area contributed by atoms with E-state index in [1.165, 1.54) is 43.7 Å². The molecule has 0 amide bonds. The fourth-order valence-corrected chi connectivity index (χ4v) is 4.38. The molecule has 0 aliphatic carbocycles. The number of methoxy groups -OCH3 is 1. The number of hydrogen-bond acceptors (Lipinski definition) is 4. The van der Waals surface area contributed by atoms with Crippen molar-refractivity contribution in [2.24, 2.45) is 0 Å². The predicted molar refractivity (Wildman–Crippen MR) is 87.3 cm³/mol. The minimum Gasteiger partial charge on any atom is -0.497 e. The van der Waals surface area contributed by atoms with Crippen LogP contribution in [0.5, 0.6) is 5.75 Å². The molecule has 0 radical (unpaired) electrons. The van der Waals surface area contributed by atoms with Gasteiger partial charge in [-0.15, -0.1) is 11.8 Å². The lowest BCUT2D eigenvalue weighted by Crippen LogP contribution is -2.44. The van der Waals surface area contributed by atoms with Gasteiger partial charge < -0.3 is 14.4 Å². The molecular formula is C17H25NO2S. The molecule has 21 heavy (non-hydrogen) atoms. The van der Waals surface area contributed by atoms with Crippen LogP contribution in [0.1, 0.15) is 25.7 Å². The Kier molecular flexibility index (Phi) is 5.44. The molecule has 0 bridgehead atoms. The highest BCUT2D eigenvalue weighted by Gasteiger charge is 2.26. The van der Waals surface area contributed by atoms with Gasteiger partial charge in [0.15, 0.2) is 0 Å². The van der Waals surface area contributed by atoms with E-state index in [4.69, 9.17) is 9.47 Å². The van der Waals surface area contributed by atoms with Crippen LogP contribution in [-0.4, -0.2) is 49.6 Å². The molecular weight excluding hydrogens is 282 g/mol. The van der Waals surface area contributed by atoms with Gasteiger partial charge in [0.05, 0.1) is 7.11 Å². The number of piperidine rings is 1. The molecule has 4 heteroatoms. The van der Waals surface area contributed by atoms with Gasteiger partial charge in [-0.1, -0.05) is 0 Å². The van der Waals surface area contributed by atoms with E-state index in [0.717, 1.165) is 30.3 Å². The van der Waals surface area contributed by atoms with Crippen LogP contribution in [0.4, 0.5) is 0 Å². The van der Waals surface area contributed by atoms with Crippen LogP contribution >= 0.6 is 11.8 Å². The molecule has 3 rings (SSSR count). The minimum absolute atomic E-state index is 0.759. The van der Waals surface area contributed by atoms with Gasteiger partial charge in [0.2, 0.25) is 0 Å². The number of nitrogens with zero attached hydrogens (tertiary/aromatic N) is 1. The highest BCUT2D eigenvalue weighted by atomic mass is 32.2. The van der Waals surface area contributed by atoms with Crippen molar-refractivity contribution in [3.63, 3.8) is 0 Å². The van der Waals surface area contributed by atoms with Gasteiger partial charge in [-0.25, -0.2) is 0 Å². The van der Waals surface area contributed by atoms with Gasteiger partial charge in [0.25, 0.3) is 0 Å². The van der Waals surface area contributed by atoms with E-state index < -0.39 is 0 Å². The van der Waals surface area contributed by atoms with E-state index in [2.05, 4.69) is 29.2 Å². The second-order valence-electron chi connectivity index (χ2n) is 5.87. The average Bonchev–Trinajstić information content (AvgIpc) is 2.57. The summed E-state index contributed by atoms with van der Waals surface area (Å²) in [6, 6.07) is 9.23. The first-order valence-corrected chi connectivity index (χ1v) is 8.85. The Labute approximate surface area is 132 Å². The van der Waals surface area contributed by atoms with E-state index in [1.807, 2.05) is 11.8 Å². The van der Waals surface area contributed by atoms with Crippen molar-refractivity contribution in [1.82, 2.24) is 4.90 Å². The summed E-state index contributed by atoms with van der Waals surface area (Å²) in [6.45, 7) is 4.40. The molecule has 0 spiro atoms. The number of thioether (sulfide) groups is 1. The Bertz CT molecular complexity index is 423. The lowest BCUT2D eigenvalue weighted by molar-refractivity contribution is 0.0280. The van der Waals surface area contributed by atoms with E-state index >= 15 is 0 Å². The number of hydrogen-bond donors (Lipinski definition) is 0. The van der Waals surface area contributed by atoms with Crippen molar-refractivity contribution in [2.75, 3.05) is 33.4 Å². The van der Waals surface area contributed by atoms with Crippen molar-refractivity contribution in [3.8, 4) is 5.75 Å². The van der Waals surface area contributed by atoms with Crippen molar-refractivity contribution in [3.05, 3.63) is 24.3 Å². The SMILES string of the molecule is COc1ccc(SC2CCN(C3CCOCC3)CC2)cc1.